The third kappa shape index (κ3) is 2.20. The number of hydrogen-bond donors (Lipinski definition) is 0. The second kappa shape index (κ2) is 3.93. The molecule has 0 saturated carbocycles. The van der Waals surface area contributed by atoms with E-state index < -0.39 is 0 Å². The number of nitrogens with zero attached hydrogens (tertiary/aromatic N) is 1. The second-order valence-electron chi connectivity index (χ2n) is 3.53. The number of aliphatic imine (C=N–C) groups is 1. The number of halogens is 1. The lowest BCUT2D eigenvalue weighted by atomic mass is 9.99. The first-order valence-electron chi connectivity index (χ1n) is 4.55. The fourth-order valence-electron chi connectivity index (χ4n) is 1.49. The fourth-order valence-corrected chi connectivity index (χ4v) is 2.91. The van der Waals surface area contributed by atoms with Crippen LogP contribution in [-0.2, 0) is 0 Å². The molecule has 70 valence electrons. The van der Waals surface area contributed by atoms with Gasteiger partial charge in [-0.2, -0.15) is 0 Å². The molecular formula is C10H12BrNS. The summed E-state index contributed by atoms with van der Waals surface area (Å²) in [5.41, 5.74) is 1.30. The maximum Gasteiger partial charge on any atom is 0.0705 e. The van der Waals surface area contributed by atoms with Gasteiger partial charge in [0.05, 0.1) is 9.50 Å². The Morgan fingerprint density at radius 3 is 2.92 bits per heavy atom. The van der Waals surface area contributed by atoms with Gasteiger partial charge in [-0.25, -0.2) is 0 Å². The fraction of sp³-hybridized carbons (Fsp3) is 0.500. The van der Waals surface area contributed by atoms with E-state index in [4.69, 9.17) is 0 Å². The van der Waals surface area contributed by atoms with Crippen LogP contribution >= 0.6 is 27.3 Å². The van der Waals surface area contributed by atoms with E-state index in [0.717, 1.165) is 18.9 Å². The van der Waals surface area contributed by atoms with Crippen molar-refractivity contribution in [1.29, 1.82) is 0 Å². The van der Waals surface area contributed by atoms with E-state index in [0.29, 0.717) is 0 Å². The van der Waals surface area contributed by atoms with E-state index in [1.54, 1.807) is 11.3 Å². The largest absolute Gasteiger partial charge is 0.288 e. The molecule has 3 heteroatoms. The Labute approximate surface area is 91.0 Å². The van der Waals surface area contributed by atoms with Crippen LogP contribution < -0.4 is 0 Å². The maximum absolute atomic E-state index is 4.60. The van der Waals surface area contributed by atoms with Gasteiger partial charge in [0.2, 0.25) is 0 Å². The van der Waals surface area contributed by atoms with Gasteiger partial charge in [-0.15, -0.1) is 11.3 Å². The van der Waals surface area contributed by atoms with Crippen LogP contribution in [0, 0.1) is 5.92 Å². The molecule has 0 aromatic carbocycles. The van der Waals surface area contributed by atoms with Crippen molar-refractivity contribution in [3.63, 3.8) is 0 Å². The van der Waals surface area contributed by atoms with Crippen LogP contribution in [0.2, 0.25) is 0 Å². The summed E-state index contributed by atoms with van der Waals surface area (Å²) in [7, 11) is 0. The van der Waals surface area contributed by atoms with Crippen LogP contribution in [-0.4, -0.2) is 12.3 Å². The van der Waals surface area contributed by atoms with Gasteiger partial charge in [0, 0.05) is 11.4 Å². The summed E-state index contributed by atoms with van der Waals surface area (Å²) in [6.45, 7) is 3.27. The van der Waals surface area contributed by atoms with Crippen molar-refractivity contribution in [2.24, 2.45) is 10.9 Å². The van der Waals surface area contributed by atoms with E-state index in [1.807, 2.05) is 0 Å². The lowest BCUT2D eigenvalue weighted by molar-refractivity contribution is 0.539. The zero-order valence-electron chi connectivity index (χ0n) is 7.59. The molecule has 2 heterocycles. The van der Waals surface area contributed by atoms with Crippen molar-refractivity contribution in [2.45, 2.75) is 19.8 Å². The first kappa shape index (κ1) is 9.41. The SMILES string of the molecule is CC1CCC(c2ccc(Br)s2)=NC1. The molecule has 0 aliphatic carbocycles. The van der Waals surface area contributed by atoms with Crippen molar-refractivity contribution in [3.8, 4) is 0 Å². The molecular weight excluding hydrogens is 246 g/mol. The molecule has 1 aliphatic rings. The highest BCUT2D eigenvalue weighted by atomic mass is 79.9. The summed E-state index contributed by atoms with van der Waals surface area (Å²) in [6, 6.07) is 4.25. The van der Waals surface area contributed by atoms with Crippen LogP contribution in [0.1, 0.15) is 24.6 Å². The molecule has 13 heavy (non-hydrogen) atoms. The van der Waals surface area contributed by atoms with Crippen molar-refractivity contribution >= 4 is 33.0 Å². The average Bonchev–Trinajstić information content (AvgIpc) is 2.53. The predicted molar refractivity (Wildman–Crippen MR) is 61.8 cm³/mol. The van der Waals surface area contributed by atoms with Crippen LogP contribution in [0.25, 0.3) is 0 Å². The van der Waals surface area contributed by atoms with E-state index in [9.17, 15) is 0 Å². The van der Waals surface area contributed by atoms with Gasteiger partial charge in [0.25, 0.3) is 0 Å². The molecule has 1 aliphatic heterocycles. The lowest BCUT2D eigenvalue weighted by Crippen LogP contribution is -2.13. The molecule has 0 fully saturated rings. The van der Waals surface area contributed by atoms with Gasteiger partial charge in [-0.05, 0) is 46.8 Å². The highest BCUT2D eigenvalue weighted by Gasteiger charge is 2.13. The van der Waals surface area contributed by atoms with Crippen molar-refractivity contribution in [1.82, 2.24) is 0 Å². The van der Waals surface area contributed by atoms with E-state index >= 15 is 0 Å². The minimum atomic E-state index is 0.771. The standard InChI is InChI=1S/C10H12BrNS/c1-7-2-3-8(12-6-7)9-4-5-10(11)13-9/h4-5,7H,2-3,6H2,1H3. The smallest absolute Gasteiger partial charge is 0.0705 e. The quantitative estimate of drug-likeness (QED) is 0.727. The molecule has 0 N–H and O–H groups in total. The van der Waals surface area contributed by atoms with Crippen LogP contribution in [0.4, 0.5) is 0 Å². The topological polar surface area (TPSA) is 12.4 Å². The molecule has 1 aromatic heterocycles. The van der Waals surface area contributed by atoms with E-state index in [1.165, 1.54) is 20.8 Å². The summed E-state index contributed by atoms with van der Waals surface area (Å²) in [5.74, 6) is 0.771. The van der Waals surface area contributed by atoms with Crippen LogP contribution in [0.5, 0.6) is 0 Å². The molecule has 0 amide bonds. The molecule has 0 radical (unpaired) electrons. The first-order valence-corrected chi connectivity index (χ1v) is 6.15. The molecule has 1 nitrogen and oxygen atoms in total. The number of hydrogen-bond acceptors (Lipinski definition) is 2. The minimum absolute atomic E-state index is 0.771. The molecule has 1 atom stereocenters. The number of rotatable bonds is 1. The second-order valence-corrected chi connectivity index (χ2v) is 6.00. The molecule has 1 unspecified atom stereocenters. The van der Waals surface area contributed by atoms with Gasteiger partial charge in [0.1, 0.15) is 0 Å². The summed E-state index contributed by atoms with van der Waals surface area (Å²) in [4.78, 5) is 5.93. The molecule has 1 aromatic rings. The lowest BCUT2D eigenvalue weighted by Gasteiger charge is -2.16. The minimum Gasteiger partial charge on any atom is -0.288 e. The van der Waals surface area contributed by atoms with Crippen molar-refractivity contribution in [2.75, 3.05) is 6.54 Å². The third-order valence-electron chi connectivity index (χ3n) is 2.33. The normalized spacial score (nSPS) is 22.9. The number of thiophene rings is 1. The van der Waals surface area contributed by atoms with Crippen molar-refractivity contribution < 1.29 is 0 Å². The van der Waals surface area contributed by atoms with Gasteiger partial charge in [-0.1, -0.05) is 6.92 Å². The highest BCUT2D eigenvalue weighted by Crippen LogP contribution is 2.26. The summed E-state index contributed by atoms with van der Waals surface area (Å²) >= 11 is 5.26. The third-order valence-corrected chi connectivity index (χ3v) is 4.00. The van der Waals surface area contributed by atoms with Gasteiger partial charge in [0.15, 0.2) is 0 Å². The molecule has 0 spiro atoms. The van der Waals surface area contributed by atoms with Gasteiger partial charge < -0.3 is 0 Å². The first-order chi connectivity index (χ1) is 6.25. The summed E-state index contributed by atoms with van der Waals surface area (Å²) in [6.07, 6.45) is 2.43. The summed E-state index contributed by atoms with van der Waals surface area (Å²) in [5, 5.41) is 0. The monoisotopic (exact) mass is 257 g/mol. The Bertz CT molecular complexity index is 329. The molecule has 2 rings (SSSR count). The Morgan fingerprint density at radius 2 is 2.38 bits per heavy atom. The Hall–Kier alpha value is -0.150. The average molecular weight is 258 g/mol. The maximum atomic E-state index is 4.60. The zero-order valence-corrected chi connectivity index (χ0v) is 9.99. The Kier molecular flexibility index (Phi) is 2.84. The predicted octanol–water partition coefficient (Wildman–Crippen LogP) is 3.73. The van der Waals surface area contributed by atoms with E-state index in [2.05, 4.69) is 40.0 Å². The van der Waals surface area contributed by atoms with E-state index in [-0.39, 0.29) is 0 Å². The van der Waals surface area contributed by atoms with Crippen LogP contribution in [0.15, 0.2) is 20.9 Å². The Balaban J connectivity index is 2.18. The van der Waals surface area contributed by atoms with Crippen LogP contribution in [0.3, 0.4) is 0 Å². The summed E-state index contributed by atoms with van der Waals surface area (Å²) < 4.78 is 1.20. The van der Waals surface area contributed by atoms with Gasteiger partial charge in [-0.3, -0.25) is 4.99 Å². The Morgan fingerprint density at radius 1 is 1.54 bits per heavy atom. The molecule has 0 bridgehead atoms. The molecule has 0 saturated heterocycles. The van der Waals surface area contributed by atoms with Crippen molar-refractivity contribution in [3.05, 3.63) is 20.8 Å². The zero-order chi connectivity index (χ0) is 9.26. The highest BCUT2D eigenvalue weighted by molar-refractivity contribution is 9.11. The van der Waals surface area contributed by atoms with Gasteiger partial charge >= 0.3 is 0 Å².